The molecule has 1 heterocycles. The van der Waals surface area contributed by atoms with E-state index < -0.39 is 6.04 Å². The van der Waals surface area contributed by atoms with Crippen molar-refractivity contribution in [2.45, 2.75) is 46.1 Å². The number of hydrogen-bond acceptors (Lipinski definition) is 4. The van der Waals surface area contributed by atoms with E-state index in [1.165, 1.54) is 6.33 Å². The Kier molecular flexibility index (Phi) is 6.53. The predicted molar refractivity (Wildman–Crippen MR) is 121 cm³/mol. The van der Waals surface area contributed by atoms with Crippen LogP contribution in [0.15, 0.2) is 61.2 Å². The lowest BCUT2D eigenvalue weighted by atomic mass is 9.86. The molecule has 0 radical (unpaired) electrons. The van der Waals surface area contributed by atoms with Crippen LogP contribution in [0.2, 0.25) is 0 Å². The van der Waals surface area contributed by atoms with Crippen molar-refractivity contribution in [3.05, 3.63) is 72.3 Å². The Morgan fingerprint density at radius 1 is 0.968 bits per heavy atom. The zero-order valence-corrected chi connectivity index (χ0v) is 18.6. The number of anilines is 1. The van der Waals surface area contributed by atoms with Crippen molar-refractivity contribution in [2.75, 3.05) is 5.32 Å². The topological polar surface area (TPSA) is 88.9 Å². The Balaban J connectivity index is 1.67. The summed E-state index contributed by atoms with van der Waals surface area (Å²) in [6.07, 6.45) is 3.06. The van der Waals surface area contributed by atoms with Gasteiger partial charge in [0.2, 0.25) is 5.91 Å². The molecule has 0 aliphatic heterocycles. The lowest BCUT2D eigenvalue weighted by Crippen LogP contribution is -2.47. The molecular formula is C24H29N5O2. The molecule has 2 amide bonds. The van der Waals surface area contributed by atoms with Gasteiger partial charge in [0.05, 0.1) is 5.69 Å². The standard InChI is InChI=1S/C24H29N5O2/c1-16(2)21(28-22(30)17-6-8-18(9-7-17)24(3,4)5)23(31)27-19-10-12-20(13-11-19)29-15-25-14-26-29/h6-16,21H,1-5H3,(H,27,31)(H,28,30)/t21-/m1/s1. The largest absolute Gasteiger partial charge is 0.340 e. The van der Waals surface area contributed by atoms with Gasteiger partial charge in [0.1, 0.15) is 18.7 Å². The van der Waals surface area contributed by atoms with Crippen LogP contribution in [0.4, 0.5) is 5.69 Å². The Morgan fingerprint density at radius 2 is 1.61 bits per heavy atom. The molecule has 7 nitrogen and oxygen atoms in total. The molecule has 0 saturated heterocycles. The van der Waals surface area contributed by atoms with Gasteiger partial charge in [-0.05, 0) is 53.3 Å². The fraction of sp³-hybridized carbons (Fsp3) is 0.333. The number of benzene rings is 2. The van der Waals surface area contributed by atoms with Crippen molar-refractivity contribution < 1.29 is 9.59 Å². The van der Waals surface area contributed by atoms with Gasteiger partial charge in [-0.3, -0.25) is 9.59 Å². The zero-order chi connectivity index (χ0) is 22.6. The molecule has 0 unspecified atom stereocenters. The van der Waals surface area contributed by atoms with E-state index in [-0.39, 0.29) is 23.1 Å². The van der Waals surface area contributed by atoms with Crippen molar-refractivity contribution in [3.8, 4) is 5.69 Å². The summed E-state index contributed by atoms with van der Waals surface area (Å²) in [5.74, 6) is -0.605. The number of amides is 2. The third-order valence-electron chi connectivity index (χ3n) is 5.07. The van der Waals surface area contributed by atoms with Gasteiger partial charge < -0.3 is 10.6 Å². The maximum atomic E-state index is 12.9. The van der Waals surface area contributed by atoms with Crippen LogP contribution in [-0.2, 0) is 10.2 Å². The fourth-order valence-corrected chi connectivity index (χ4v) is 3.14. The van der Waals surface area contributed by atoms with E-state index in [1.54, 1.807) is 35.3 Å². The molecule has 3 aromatic rings. The third kappa shape index (κ3) is 5.57. The molecule has 162 valence electrons. The van der Waals surface area contributed by atoms with Crippen LogP contribution in [0, 0.1) is 5.92 Å². The van der Waals surface area contributed by atoms with Gasteiger partial charge >= 0.3 is 0 Å². The first-order valence-electron chi connectivity index (χ1n) is 10.3. The van der Waals surface area contributed by atoms with Crippen LogP contribution in [0.3, 0.4) is 0 Å². The summed E-state index contributed by atoms with van der Waals surface area (Å²) >= 11 is 0. The van der Waals surface area contributed by atoms with Crippen LogP contribution in [-0.4, -0.2) is 32.6 Å². The van der Waals surface area contributed by atoms with Crippen LogP contribution in [0.5, 0.6) is 0 Å². The summed E-state index contributed by atoms with van der Waals surface area (Å²) in [5.41, 5.74) is 3.17. The monoisotopic (exact) mass is 419 g/mol. The quantitative estimate of drug-likeness (QED) is 0.633. The molecule has 0 aliphatic carbocycles. The fourth-order valence-electron chi connectivity index (χ4n) is 3.14. The van der Waals surface area contributed by atoms with Crippen LogP contribution in [0.1, 0.15) is 50.5 Å². The van der Waals surface area contributed by atoms with Crippen molar-refractivity contribution in [2.24, 2.45) is 5.92 Å². The normalized spacial score (nSPS) is 12.5. The minimum Gasteiger partial charge on any atom is -0.340 e. The van der Waals surface area contributed by atoms with Gasteiger partial charge in [0, 0.05) is 11.3 Å². The molecular weight excluding hydrogens is 390 g/mol. The van der Waals surface area contributed by atoms with E-state index in [0.717, 1.165) is 11.3 Å². The molecule has 0 bridgehead atoms. The highest BCUT2D eigenvalue weighted by Gasteiger charge is 2.25. The van der Waals surface area contributed by atoms with Crippen molar-refractivity contribution in [1.82, 2.24) is 20.1 Å². The van der Waals surface area contributed by atoms with Gasteiger partial charge in [-0.15, -0.1) is 0 Å². The Hall–Kier alpha value is -3.48. The van der Waals surface area contributed by atoms with Crippen molar-refractivity contribution in [3.63, 3.8) is 0 Å². The first-order chi connectivity index (χ1) is 14.6. The van der Waals surface area contributed by atoms with Gasteiger partial charge in [-0.2, -0.15) is 5.10 Å². The number of carbonyl (C=O) groups is 2. The zero-order valence-electron chi connectivity index (χ0n) is 18.6. The summed E-state index contributed by atoms with van der Waals surface area (Å²) in [6.45, 7) is 10.2. The van der Waals surface area contributed by atoms with Gasteiger partial charge in [0.15, 0.2) is 0 Å². The van der Waals surface area contributed by atoms with Gasteiger partial charge in [-0.1, -0.05) is 46.8 Å². The van der Waals surface area contributed by atoms with Gasteiger partial charge in [0.25, 0.3) is 5.91 Å². The maximum absolute atomic E-state index is 12.9. The van der Waals surface area contributed by atoms with Crippen LogP contribution >= 0.6 is 0 Å². The molecule has 31 heavy (non-hydrogen) atoms. The molecule has 0 fully saturated rings. The summed E-state index contributed by atoms with van der Waals surface area (Å²) < 4.78 is 1.63. The molecule has 2 N–H and O–H groups in total. The Bertz CT molecular complexity index is 1020. The second kappa shape index (κ2) is 9.12. The SMILES string of the molecule is CC(C)[C@@H](NC(=O)c1ccc(C(C)(C)C)cc1)C(=O)Nc1ccc(-n2cncn2)cc1. The molecule has 2 aromatic carbocycles. The number of carbonyl (C=O) groups excluding carboxylic acids is 2. The highest BCUT2D eigenvalue weighted by molar-refractivity contribution is 6.01. The van der Waals surface area contributed by atoms with E-state index in [9.17, 15) is 9.59 Å². The second-order valence-corrected chi connectivity index (χ2v) is 8.90. The highest BCUT2D eigenvalue weighted by atomic mass is 16.2. The first-order valence-corrected chi connectivity index (χ1v) is 10.3. The summed E-state index contributed by atoms with van der Waals surface area (Å²) in [5, 5.41) is 9.83. The molecule has 0 saturated carbocycles. The Morgan fingerprint density at radius 3 is 2.13 bits per heavy atom. The molecule has 7 heteroatoms. The van der Waals surface area contributed by atoms with E-state index in [1.807, 2.05) is 38.1 Å². The number of rotatable bonds is 6. The third-order valence-corrected chi connectivity index (χ3v) is 5.07. The minimum atomic E-state index is -0.662. The Labute approximate surface area is 182 Å². The molecule has 0 aliphatic rings. The van der Waals surface area contributed by atoms with E-state index in [2.05, 4.69) is 41.5 Å². The predicted octanol–water partition coefficient (Wildman–Crippen LogP) is 3.96. The number of nitrogens with zero attached hydrogens (tertiary/aromatic N) is 3. The van der Waals surface area contributed by atoms with Gasteiger partial charge in [-0.25, -0.2) is 9.67 Å². The van der Waals surface area contributed by atoms with Crippen LogP contribution in [0.25, 0.3) is 5.69 Å². The molecule has 3 rings (SSSR count). The van der Waals surface area contributed by atoms with E-state index in [0.29, 0.717) is 11.3 Å². The average Bonchev–Trinajstić information content (AvgIpc) is 3.26. The maximum Gasteiger partial charge on any atom is 0.251 e. The minimum absolute atomic E-state index is 0.0127. The van der Waals surface area contributed by atoms with Crippen LogP contribution < -0.4 is 10.6 Å². The smallest absolute Gasteiger partial charge is 0.251 e. The number of nitrogens with one attached hydrogen (secondary N) is 2. The molecule has 1 aromatic heterocycles. The number of aromatic nitrogens is 3. The lowest BCUT2D eigenvalue weighted by molar-refractivity contribution is -0.118. The average molecular weight is 420 g/mol. The summed E-state index contributed by atoms with van der Waals surface area (Å²) in [7, 11) is 0. The summed E-state index contributed by atoms with van der Waals surface area (Å²) in [4.78, 5) is 29.5. The van der Waals surface area contributed by atoms with E-state index >= 15 is 0 Å². The second-order valence-electron chi connectivity index (χ2n) is 8.90. The molecule has 1 atom stereocenters. The lowest BCUT2D eigenvalue weighted by Gasteiger charge is -2.22. The first kappa shape index (κ1) is 22.2. The van der Waals surface area contributed by atoms with E-state index in [4.69, 9.17) is 0 Å². The van der Waals surface area contributed by atoms with Crippen molar-refractivity contribution >= 4 is 17.5 Å². The molecule has 0 spiro atoms. The highest BCUT2D eigenvalue weighted by Crippen LogP contribution is 2.22. The van der Waals surface area contributed by atoms with Crippen molar-refractivity contribution in [1.29, 1.82) is 0 Å². The summed E-state index contributed by atoms with van der Waals surface area (Å²) in [6, 6.07) is 14.1. The number of hydrogen-bond donors (Lipinski definition) is 2.